The van der Waals surface area contributed by atoms with Crippen molar-refractivity contribution in [2.45, 2.75) is 71.3 Å². The Labute approximate surface area is 216 Å². The van der Waals surface area contributed by atoms with Crippen molar-refractivity contribution in [3.8, 4) is 0 Å². The van der Waals surface area contributed by atoms with Crippen molar-refractivity contribution < 1.29 is 120 Å². The van der Waals surface area contributed by atoms with Crippen LogP contribution in [0.4, 0.5) is 110 Å². The molecular weight excluding hydrogens is 701 g/mol. The van der Waals surface area contributed by atoms with Gasteiger partial charge in [-0.05, 0) is 0 Å². The van der Waals surface area contributed by atoms with Crippen LogP contribution in [0.15, 0.2) is 0 Å². The number of aliphatic hydroxyl groups is 1. The topological polar surface area (TPSA) is 49.3 Å². The summed E-state index contributed by atoms with van der Waals surface area (Å²) in [5.74, 6) is -104. The minimum Gasteiger partial charge on any atom is -0.395 e. The molecule has 0 aliphatic heterocycles. The molecule has 2 N–H and O–H groups in total. The quantitative estimate of drug-likeness (QED) is 0.211. The first kappa shape index (κ1) is 40.7. The molecule has 0 aliphatic rings. The zero-order chi connectivity index (χ0) is 35.7. The van der Waals surface area contributed by atoms with Crippen molar-refractivity contribution in [3.05, 3.63) is 0 Å². The highest BCUT2D eigenvalue weighted by molar-refractivity contribution is 5.84. The Balaban J connectivity index is 7.31. The van der Waals surface area contributed by atoms with Crippen LogP contribution in [-0.4, -0.2) is 95.5 Å². The molecule has 0 saturated heterocycles. The van der Waals surface area contributed by atoms with Gasteiger partial charge in [-0.2, -0.15) is 110 Å². The minimum atomic E-state index is -9.67. The highest BCUT2D eigenvalue weighted by atomic mass is 19.4. The molecule has 0 aromatic rings. The molecule has 0 aliphatic carbocycles. The first-order chi connectivity index (χ1) is 18.2. The maximum atomic E-state index is 13.7. The number of hydrogen-bond donors (Lipinski definition) is 2. The molecule has 0 aromatic heterocycles. The van der Waals surface area contributed by atoms with Crippen LogP contribution < -0.4 is 5.32 Å². The lowest BCUT2D eigenvalue weighted by Crippen LogP contribution is -2.78. The van der Waals surface area contributed by atoms with E-state index < -0.39 is 90.4 Å². The van der Waals surface area contributed by atoms with E-state index in [4.69, 9.17) is 5.11 Å². The highest BCUT2D eigenvalue weighted by Crippen LogP contribution is 2.67. The summed E-state index contributed by atoms with van der Waals surface area (Å²) < 4.78 is 331. The van der Waals surface area contributed by atoms with Crippen molar-refractivity contribution in [1.29, 1.82) is 0 Å². The molecule has 0 atom stereocenters. The number of rotatable bonds is 13. The van der Waals surface area contributed by atoms with Gasteiger partial charge in [-0.25, -0.2) is 0 Å². The summed E-state index contributed by atoms with van der Waals surface area (Å²) in [6.45, 7) is -3.24. The molecule has 3 nitrogen and oxygen atoms in total. The van der Waals surface area contributed by atoms with E-state index in [1.807, 2.05) is 0 Å². The lowest BCUT2D eigenvalue weighted by Gasteiger charge is -2.45. The van der Waals surface area contributed by atoms with Crippen LogP contribution in [0, 0.1) is 0 Å². The fourth-order valence-electron chi connectivity index (χ4n) is 2.38. The van der Waals surface area contributed by atoms with Gasteiger partial charge in [0.05, 0.1) is 6.61 Å². The van der Waals surface area contributed by atoms with Crippen LogP contribution >= 0.6 is 0 Å². The summed E-state index contributed by atoms with van der Waals surface area (Å²) in [7, 11) is 0. The Hall–Kier alpha value is -2.32. The van der Waals surface area contributed by atoms with Crippen LogP contribution in [0.3, 0.4) is 0 Å². The fraction of sp³-hybridized carbons (Fsp3) is 0.933. The smallest absolute Gasteiger partial charge is 0.395 e. The number of aliphatic hydroxyl groups excluding tert-OH is 1. The molecule has 0 rings (SSSR count). The second kappa shape index (κ2) is 10.4. The van der Waals surface area contributed by atoms with Gasteiger partial charge in [0.1, 0.15) is 0 Å². The molecule has 0 radical (unpaired) electrons. The number of nitrogens with one attached hydrogen (secondary N) is 1. The Morgan fingerprint density at radius 1 is 0.395 bits per heavy atom. The van der Waals surface area contributed by atoms with E-state index in [9.17, 15) is 115 Å². The fourth-order valence-corrected chi connectivity index (χ4v) is 2.38. The highest BCUT2D eigenvalue weighted by Gasteiger charge is 2.99. The van der Waals surface area contributed by atoms with Crippen molar-refractivity contribution >= 4 is 5.91 Å². The Bertz CT molecular complexity index is 1030. The normalized spacial score (nSPS) is 16.4. The molecule has 258 valence electrons. The van der Waals surface area contributed by atoms with Crippen LogP contribution in [0.2, 0.25) is 0 Å². The van der Waals surface area contributed by atoms with Gasteiger partial charge in [0.15, 0.2) is 0 Å². The SMILES string of the molecule is O=C(NCCO)C(F)(F)C(F)(F)C(F)(F)C(F)(F)C(F)(F)C(F)(F)C(F)(F)C(F)(F)C(F)(F)C(F)(F)C(F)(F)C(F)(F)F. The third-order valence-corrected chi connectivity index (χ3v) is 4.98. The molecular formula is C15H6F25NO2. The van der Waals surface area contributed by atoms with E-state index in [0.717, 1.165) is 0 Å². The van der Waals surface area contributed by atoms with Gasteiger partial charge >= 0.3 is 71.3 Å². The molecule has 0 fully saturated rings. The second-order valence-corrected chi connectivity index (χ2v) is 7.80. The average molecular weight is 707 g/mol. The van der Waals surface area contributed by atoms with Gasteiger partial charge in [-0.3, -0.25) is 4.79 Å². The van der Waals surface area contributed by atoms with Crippen LogP contribution in [-0.2, 0) is 4.79 Å². The van der Waals surface area contributed by atoms with Crippen LogP contribution in [0.5, 0.6) is 0 Å². The number of hydrogen-bond acceptors (Lipinski definition) is 2. The summed E-state index contributed by atoms with van der Waals surface area (Å²) in [6, 6.07) is 0. The second-order valence-electron chi connectivity index (χ2n) is 7.80. The molecule has 28 heteroatoms. The van der Waals surface area contributed by atoms with E-state index in [2.05, 4.69) is 0 Å². The first-order valence-corrected chi connectivity index (χ1v) is 9.35. The van der Waals surface area contributed by atoms with Gasteiger partial charge in [0.25, 0.3) is 5.91 Å². The van der Waals surface area contributed by atoms with Crippen LogP contribution in [0.25, 0.3) is 0 Å². The van der Waals surface area contributed by atoms with Crippen molar-refractivity contribution in [1.82, 2.24) is 5.32 Å². The van der Waals surface area contributed by atoms with Gasteiger partial charge in [0.2, 0.25) is 0 Å². The third kappa shape index (κ3) is 4.95. The standard InChI is InChI=1S/C15H6F25NO2/c16-4(17,3(43)41-1-2-42)5(18,19)6(20,21)7(22,23)8(24,25)9(26,27)10(28,29)11(30,31)12(32,33)13(34,35)14(36,37)15(38,39)40/h42H,1-2H2,(H,41,43). The zero-order valence-corrected chi connectivity index (χ0v) is 18.7. The predicted octanol–water partition coefficient (Wildman–Crippen LogP) is 6.65. The van der Waals surface area contributed by atoms with E-state index >= 15 is 0 Å². The van der Waals surface area contributed by atoms with E-state index in [-0.39, 0.29) is 0 Å². The van der Waals surface area contributed by atoms with Crippen LogP contribution in [0.1, 0.15) is 0 Å². The monoisotopic (exact) mass is 707 g/mol. The van der Waals surface area contributed by atoms with Gasteiger partial charge < -0.3 is 10.4 Å². The maximum absolute atomic E-state index is 13.7. The zero-order valence-electron chi connectivity index (χ0n) is 18.7. The lowest BCUT2D eigenvalue weighted by molar-refractivity contribution is -0.481. The maximum Gasteiger partial charge on any atom is 0.460 e. The molecule has 43 heavy (non-hydrogen) atoms. The average Bonchev–Trinajstić information content (AvgIpc) is 2.80. The molecule has 0 unspecified atom stereocenters. The molecule has 0 aromatic carbocycles. The Kier molecular flexibility index (Phi) is 9.81. The van der Waals surface area contributed by atoms with Crippen molar-refractivity contribution in [2.24, 2.45) is 0 Å². The largest absolute Gasteiger partial charge is 0.460 e. The minimum absolute atomic E-state index is 0.321. The predicted molar refractivity (Wildman–Crippen MR) is 80.6 cm³/mol. The lowest BCUT2D eigenvalue weighted by atomic mass is 9.84. The third-order valence-electron chi connectivity index (χ3n) is 4.98. The van der Waals surface area contributed by atoms with Gasteiger partial charge in [-0.1, -0.05) is 0 Å². The van der Waals surface area contributed by atoms with E-state index in [1.54, 1.807) is 0 Å². The number of amides is 1. The Morgan fingerprint density at radius 3 is 0.814 bits per heavy atom. The summed E-state index contributed by atoms with van der Waals surface area (Å²) in [4.78, 5) is 10.9. The van der Waals surface area contributed by atoms with Crippen molar-refractivity contribution in [2.75, 3.05) is 13.2 Å². The summed E-state index contributed by atoms with van der Waals surface area (Å²) in [6.07, 6.45) is -8.20. The Morgan fingerprint density at radius 2 is 0.605 bits per heavy atom. The molecule has 0 saturated carbocycles. The summed E-state index contributed by atoms with van der Waals surface area (Å²) in [5.41, 5.74) is 0. The van der Waals surface area contributed by atoms with Gasteiger partial charge in [0, 0.05) is 6.54 Å². The van der Waals surface area contributed by atoms with E-state index in [1.165, 1.54) is 0 Å². The van der Waals surface area contributed by atoms with Gasteiger partial charge in [-0.15, -0.1) is 0 Å². The number of carbonyl (C=O) groups excluding carboxylic acids is 1. The number of halogens is 25. The molecule has 0 bridgehead atoms. The number of alkyl halides is 25. The first-order valence-electron chi connectivity index (χ1n) is 9.35. The molecule has 0 spiro atoms. The van der Waals surface area contributed by atoms with Crippen molar-refractivity contribution in [3.63, 3.8) is 0 Å². The molecule has 0 heterocycles. The summed E-state index contributed by atoms with van der Waals surface area (Å²) in [5, 5.41) is 8.50. The number of carbonyl (C=O) groups is 1. The molecule has 1 amide bonds. The summed E-state index contributed by atoms with van der Waals surface area (Å²) >= 11 is 0. The van der Waals surface area contributed by atoms with E-state index in [0.29, 0.717) is 5.32 Å².